The summed E-state index contributed by atoms with van der Waals surface area (Å²) in [4.78, 5) is 99.2. The van der Waals surface area contributed by atoms with Crippen LogP contribution < -0.4 is 49.1 Å². The molecule has 0 aliphatic carbocycles. The second-order valence-electron chi connectivity index (χ2n) is 15.5. The van der Waals surface area contributed by atoms with Gasteiger partial charge in [0.2, 0.25) is 41.4 Å². The molecule has 0 rings (SSSR count). The normalized spacial score (nSPS) is 11.6. The topological polar surface area (TPSA) is 341 Å². The van der Waals surface area contributed by atoms with Crippen LogP contribution in [0.15, 0.2) is 0 Å². The van der Waals surface area contributed by atoms with Gasteiger partial charge in [-0.3, -0.25) is 33.6 Å². The molecule has 7 amide bonds. The van der Waals surface area contributed by atoms with Crippen LogP contribution in [0.25, 0.3) is 0 Å². The zero-order chi connectivity index (χ0) is 52.8. The van der Waals surface area contributed by atoms with Gasteiger partial charge in [0.1, 0.15) is 32.8 Å². The summed E-state index contributed by atoms with van der Waals surface area (Å²) in [6.45, 7) is 17.4. The first-order valence-electron chi connectivity index (χ1n) is 24.1. The molecular weight excluding hydrogens is 919 g/mol. The van der Waals surface area contributed by atoms with Crippen molar-refractivity contribution in [3.8, 4) is 0 Å². The number of unbranched alkanes of at least 4 members (excludes halogenated alkanes) is 3. The van der Waals surface area contributed by atoms with Crippen molar-refractivity contribution in [3.63, 3.8) is 0 Å². The molecule has 0 spiro atoms. The van der Waals surface area contributed by atoms with Gasteiger partial charge in [-0.15, -0.1) is 0 Å². The molecule has 0 saturated carbocycles. The molecule has 404 valence electrons. The smallest absolute Gasteiger partial charge is 0.246 e. The number of hydrogen-bond acceptors (Lipinski definition) is 16. The van der Waals surface area contributed by atoms with Crippen LogP contribution in [0.5, 0.6) is 0 Å². The second-order valence-corrected chi connectivity index (χ2v) is 16.7. The van der Waals surface area contributed by atoms with Gasteiger partial charge >= 0.3 is 0 Å². The zero-order valence-electron chi connectivity index (χ0n) is 42.3. The molecule has 0 unspecified atom stereocenters. The highest BCUT2D eigenvalue weighted by atomic mass is 32.2. The second kappa shape index (κ2) is 56.3. The summed E-state index contributed by atoms with van der Waals surface area (Å²) in [6, 6.07) is -0.692. The highest BCUT2D eigenvalue weighted by molar-refractivity contribution is 7.99. The summed E-state index contributed by atoms with van der Waals surface area (Å²) in [7, 11) is 0. The Labute approximate surface area is 416 Å². The molecule has 12 N–H and O–H groups in total. The summed E-state index contributed by atoms with van der Waals surface area (Å²) in [5, 5.41) is 17.0. The fourth-order valence-electron chi connectivity index (χ4n) is 5.49. The van der Waals surface area contributed by atoms with Crippen molar-refractivity contribution >= 4 is 66.7 Å². The summed E-state index contributed by atoms with van der Waals surface area (Å²) < 4.78 is 21.3. The van der Waals surface area contributed by atoms with Crippen LogP contribution in [0.3, 0.4) is 0 Å². The first-order valence-corrected chi connectivity index (χ1v) is 25.3. The van der Waals surface area contributed by atoms with Gasteiger partial charge in [-0.2, -0.15) is 11.8 Å². The maximum Gasteiger partial charge on any atom is 0.246 e. The van der Waals surface area contributed by atoms with Crippen molar-refractivity contribution in [2.75, 3.05) is 110 Å². The molecule has 0 heterocycles. The van der Waals surface area contributed by atoms with Gasteiger partial charge in [0.05, 0.1) is 39.6 Å². The van der Waals surface area contributed by atoms with Crippen LogP contribution in [-0.4, -0.2) is 171 Å². The molecule has 0 aliphatic heterocycles. The Kier molecular flexibility index (Phi) is 58.2. The van der Waals surface area contributed by atoms with Crippen molar-refractivity contribution in [2.45, 2.75) is 117 Å². The molecule has 0 saturated heterocycles. The lowest BCUT2D eigenvalue weighted by atomic mass is 10.0. The Bertz CT molecular complexity index is 1290. The number of carbonyl (C=O) groups is 9. The third-order valence-corrected chi connectivity index (χ3v) is 10.7. The number of nitrogens with two attached hydrogens (primary N) is 3. The number of ether oxygens (including phenoxy) is 4. The van der Waals surface area contributed by atoms with E-state index < -0.39 is 6.04 Å². The Morgan fingerprint density at radius 3 is 1.48 bits per heavy atom. The van der Waals surface area contributed by atoms with E-state index in [2.05, 4.69) is 45.7 Å². The predicted molar refractivity (Wildman–Crippen MR) is 269 cm³/mol. The number of hydrogen-bond donors (Lipinski definition) is 9. The van der Waals surface area contributed by atoms with E-state index in [1.165, 1.54) is 24.5 Å². The molecule has 0 bridgehead atoms. The molecule has 22 nitrogen and oxygen atoms in total. The third kappa shape index (κ3) is 54.5. The minimum absolute atomic E-state index is 0.0812. The fraction of sp³-hybridized carbons (Fsp3) is 0.804. The van der Waals surface area contributed by atoms with E-state index in [-0.39, 0.29) is 132 Å². The van der Waals surface area contributed by atoms with Gasteiger partial charge in [-0.05, 0) is 76.6 Å². The average molecular weight is 1010 g/mol. The number of primary amides is 2. The fourth-order valence-corrected chi connectivity index (χ4v) is 6.27. The van der Waals surface area contributed by atoms with Crippen LogP contribution in [0.4, 0.5) is 0 Å². The van der Waals surface area contributed by atoms with E-state index in [9.17, 15) is 33.6 Å². The molecule has 69 heavy (non-hydrogen) atoms. The Morgan fingerprint density at radius 2 is 0.986 bits per heavy atom. The number of carbonyl (C=O) groups excluding carboxylic acids is 9. The highest BCUT2D eigenvalue weighted by Crippen LogP contribution is 2.08. The maximum absolute atomic E-state index is 12.7. The maximum atomic E-state index is 12.7. The third-order valence-electron chi connectivity index (χ3n) is 9.50. The van der Waals surface area contributed by atoms with Crippen molar-refractivity contribution in [1.29, 1.82) is 0 Å². The van der Waals surface area contributed by atoms with E-state index in [0.29, 0.717) is 58.2 Å². The van der Waals surface area contributed by atoms with Gasteiger partial charge < -0.3 is 77.6 Å². The SMILES string of the molecule is C=O.C=O.CCCSCCNCC.C[C@@H](CCCCNC(=O)COCCOCCNC(=O)COCCOCCNC(=O)CCCC(=O)N[C@@H](CCCCN)C(=O)NCCCC[C@H](C)C(N)=O)C(N)=O. The Balaban J connectivity index is -0.00000143. The predicted octanol–water partition coefficient (Wildman–Crippen LogP) is 0.254. The lowest BCUT2D eigenvalue weighted by molar-refractivity contribution is -0.129. The van der Waals surface area contributed by atoms with Gasteiger partial charge in [0.25, 0.3) is 0 Å². The summed E-state index contributed by atoms with van der Waals surface area (Å²) in [5.74, 6) is 0.169. The monoisotopic (exact) mass is 1010 g/mol. The van der Waals surface area contributed by atoms with Gasteiger partial charge in [-0.1, -0.05) is 40.5 Å². The van der Waals surface area contributed by atoms with E-state index >= 15 is 0 Å². The standard InChI is InChI=1S/C37H70N8O11.C7H17NS.2CH2O/c1-28(35(39)50)10-4-7-16-41-33(48)26-55-24-23-54-21-19-43-34(49)27-56-25-22-53-20-18-42-31(46)13-9-14-32(47)45-30(12-3-6-15-38)37(52)44-17-8-5-11-29(2)36(40)51;1-3-6-9-7-5-8-4-2;2*1-2/h28-30H,3-27,38H2,1-2H3,(H2,39,50)(H2,40,51)(H,41,48)(H,42,46)(H,43,49)(H,44,52)(H,45,47);8H,3-7H2,1-2H3;2*1H2/t28-,29-,30-;;;/m0.../s1. The van der Waals surface area contributed by atoms with Gasteiger partial charge in [0, 0.05) is 63.2 Å². The summed E-state index contributed by atoms with van der Waals surface area (Å²) >= 11 is 2.03. The average Bonchev–Trinajstić information content (AvgIpc) is 3.33. The number of rotatable bonds is 44. The van der Waals surface area contributed by atoms with Crippen LogP contribution in [-0.2, 0) is 62.1 Å². The number of thioether (sulfide) groups is 1. The molecule has 23 heteroatoms. The van der Waals surface area contributed by atoms with Crippen molar-refractivity contribution in [2.24, 2.45) is 29.0 Å². The van der Waals surface area contributed by atoms with E-state index in [0.717, 1.165) is 32.2 Å². The van der Waals surface area contributed by atoms with Crippen LogP contribution >= 0.6 is 11.8 Å². The van der Waals surface area contributed by atoms with Crippen molar-refractivity contribution < 1.29 is 62.1 Å². The first-order chi connectivity index (χ1) is 33.3. The molecular formula is C46H91N9O13S. The van der Waals surface area contributed by atoms with Crippen LogP contribution in [0.1, 0.15) is 111 Å². The molecule has 0 aliphatic rings. The highest BCUT2D eigenvalue weighted by Gasteiger charge is 2.20. The zero-order valence-corrected chi connectivity index (χ0v) is 43.1. The minimum Gasteiger partial charge on any atom is -0.377 e. The number of nitrogens with one attached hydrogen (secondary N) is 6. The first kappa shape index (κ1) is 71.3. The molecule has 0 radical (unpaired) electrons. The molecule has 0 aromatic heterocycles. The summed E-state index contributed by atoms with van der Waals surface area (Å²) in [5.41, 5.74) is 16.1. The number of amides is 7. The van der Waals surface area contributed by atoms with E-state index in [4.69, 9.17) is 45.7 Å². The summed E-state index contributed by atoms with van der Waals surface area (Å²) in [6.07, 6.45) is 8.02. The quantitative estimate of drug-likeness (QED) is 0.0370. The lowest BCUT2D eigenvalue weighted by Crippen LogP contribution is -2.47. The van der Waals surface area contributed by atoms with E-state index in [1.54, 1.807) is 13.8 Å². The van der Waals surface area contributed by atoms with Gasteiger partial charge in [-0.25, -0.2) is 0 Å². The van der Waals surface area contributed by atoms with Crippen molar-refractivity contribution in [1.82, 2.24) is 31.9 Å². The molecule has 3 atom stereocenters. The van der Waals surface area contributed by atoms with E-state index in [1.807, 2.05) is 25.3 Å². The van der Waals surface area contributed by atoms with Crippen LogP contribution in [0.2, 0.25) is 0 Å². The molecule has 0 aromatic rings. The Morgan fingerprint density at radius 1 is 0.522 bits per heavy atom. The van der Waals surface area contributed by atoms with Gasteiger partial charge in [0.15, 0.2) is 0 Å². The molecule has 0 aromatic carbocycles. The lowest BCUT2D eigenvalue weighted by Gasteiger charge is -2.18. The largest absolute Gasteiger partial charge is 0.377 e. The minimum atomic E-state index is -0.692. The molecule has 0 fully saturated rings. The van der Waals surface area contributed by atoms with Crippen molar-refractivity contribution in [3.05, 3.63) is 0 Å². The Hall–Kier alpha value is -4.26. The van der Waals surface area contributed by atoms with Crippen LogP contribution in [0, 0.1) is 11.8 Å².